The molecule has 2 heterocycles. The van der Waals surface area contributed by atoms with Crippen LogP contribution in [0.4, 0.5) is 0 Å². The van der Waals surface area contributed by atoms with Crippen molar-refractivity contribution in [2.45, 2.75) is 53.2 Å². The fourth-order valence-electron chi connectivity index (χ4n) is 1.66. The molecule has 0 N–H and O–H groups in total. The van der Waals surface area contributed by atoms with Crippen LogP contribution in [0.3, 0.4) is 0 Å². The summed E-state index contributed by atoms with van der Waals surface area (Å²) in [7, 11) is 0. The van der Waals surface area contributed by atoms with Crippen LogP contribution in [-0.4, -0.2) is 30.8 Å². The van der Waals surface area contributed by atoms with E-state index in [9.17, 15) is 0 Å². The highest BCUT2D eigenvalue weighted by Crippen LogP contribution is 2.19. The number of nitrogens with zero attached hydrogens (tertiary/aromatic N) is 5. The Labute approximate surface area is 112 Å². The zero-order valence-corrected chi connectivity index (χ0v) is 12.0. The highest BCUT2D eigenvalue weighted by molar-refractivity contribution is 4.88. The molecule has 2 aromatic heterocycles. The first-order valence-electron chi connectivity index (χ1n) is 6.17. The van der Waals surface area contributed by atoms with E-state index in [4.69, 9.17) is 8.83 Å². The summed E-state index contributed by atoms with van der Waals surface area (Å²) >= 11 is 0. The molecule has 0 amide bonds. The summed E-state index contributed by atoms with van der Waals surface area (Å²) in [6, 6.07) is 0. The summed E-state index contributed by atoms with van der Waals surface area (Å²) in [6.45, 7) is 11.0. The largest absolute Gasteiger partial charge is 0.424 e. The molecule has 0 spiro atoms. The van der Waals surface area contributed by atoms with E-state index in [-0.39, 0.29) is 5.54 Å². The number of hydrogen-bond donors (Lipinski definition) is 0. The van der Waals surface area contributed by atoms with Crippen molar-refractivity contribution in [3.05, 3.63) is 23.6 Å². The minimum Gasteiger partial charge on any atom is -0.424 e. The molecule has 0 aromatic carbocycles. The van der Waals surface area contributed by atoms with Gasteiger partial charge in [0, 0.05) is 19.4 Å². The van der Waals surface area contributed by atoms with E-state index in [1.807, 2.05) is 0 Å². The van der Waals surface area contributed by atoms with Crippen molar-refractivity contribution < 1.29 is 8.83 Å². The molecule has 0 aliphatic heterocycles. The molecule has 0 saturated heterocycles. The lowest BCUT2D eigenvalue weighted by atomic mass is 10.1. The van der Waals surface area contributed by atoms with Gasteiger partial charge in [-0.15, -0.1) is 20.4 Å². The van der Waals surface area contributed by atoms with Crippen LogP contribution < -0.4 is 0 Å². The van der Waals surface area contributed by atoms with Crippen LogP contribution in [0.5, 0.6) is 0 Å². The van der Waals surface area contributed by atoms with Crippen molar-refractivity contribution in [3.8, 4) is 0 Å². The predicted molar refractivity (Wildman–Crippen MR) is 67.1 cm³/mol. The fraction of sp³-hybridized carbons (Fsp3) is 0.667. The van der Waals surface area contributed by atoms with Gasteiger partial charge in [0.25, 0.3) is 0 Å². The van der Waals surface area contributed by atoms with Crippen LogP contribution in [0.2, 0.25) is 0 Å². The first-order valence-corrected chi connectivity index (χ1v) is 6.17. The monoisotopic (exact) mass is 265 g/mol. The molecule has 0 fully saturated rings. The van der Waals surface area contributed by atoms with Gasteiger partial charge in [-0.1, -0.05) is 0 Å². The summed E-state index contributed by atoms with van der Waals surface area (Å²) in [6.07, 6.45) is 0. The van der Waals surface area contributed by atoms with Crippen molar-refractivity contribution in [2.24, 2.45) is 0 Å². The summed E-state index contributed by atoms with van der Waals surface area (Å²) < 4.78 is 10.8. The van der Waals surface area contributed by atoms with Crippen molar-refractivity contribution in [2.75, 3.05) is 0 Å². The summed E-state index contributed by atoms with van der Waals surface area (Å²) in [5.41, 5.74) is -0.0786. The molecule has 0 unspecified atom stereocenters. The van der Waals surface area contributed by atoms with E-state index in [0.717, 1.165) is 0 Å². The third kappa shape index (κ3) is 3.60. The van der Waals surface area contributed by atoms with E-state index in [0.29, 0.717) is 36.7 Å². The van der Waals surface area contributed by atoms with Crippen LogP contribution in [0.25, 0.3) is 0 Å². The average molecular weight is 265 g/mol. The van der Waals surface area contributed by atoms with Crippen LogP contribution >= 0.6 is 0 Å². The molecule has 104 valence electrons. The van der Waals surface area contributed by atoms with Gasteiger partial charge in [0.1, 0.15) is 0 Å². The molecule has 2 rings (SSSR count). The van der Waals surface area contributed by atoms with Gasteiger partial charge in [0.05, 0.1) is 13.1 Å². The smallest absolute Gasteiger partial charge is 0.230 e. The van der Waals surface area contributed by atoms with Gasteiger partial charge in [-0.05, 0) is 20.8 Å². The SMILES string of the molecule is Cc1nnc(CN(Cc2nnc(C)o2)C(C)(C)C)o1. The second-order valence-electron chi connectivity index (χ2n) is 5.46. The Hall–Kier alpha value is -1.76. The van der Waals surface area contributed by atoms with Crippen LogP contribution in [-0.2, 0) is 13.1 Å². The van der Waals surface area contributed by atoms with Crippen LogP contribution in [0.1, 0.15) is 44.3 Å². The summed E-state index contributed by atoms with van der Waals surface area (Å²) in [5.74, 6) is 2.31. The van der Waals surface area contributed by atoms with Crippen molar-refractivity contribution >= 4 is 0 Å². The van der Waals surface area contributed by atoms with Gasteiger partial charge < -0.3 is 8.83 Å². The Morgan fingerprint density at radius 2 is 1.26 bits per heavy atom. The number of aromatic nitrogens is 4. The van der Waals surface area contributed by atoms with E-state index in [1.54, 1.807) is 13.8 Å². The fourth-order valence-corrected chi connectivity index (χ4v) is 1.66. The van der Waals surface area contributed by atoms with E-state index >= 15 is 0 Å². The Kier molecular flexibility index (Phi) is 3.66. The predicted octanol–water partition coefficient (Wildman–Crippen LogP) is 1.87. The van der Waals surface area contributed by atoms with Crippen molar-refractivity contribution in [3.63, 3.8) is 0 Å². The highest BCUT2D eigenvalue weighted by Gasteiger charge is 2.25. The van der Waals surface area contributed by atoms with Crippen molar-refractivity contribution in [1.82, 2.24) is 25.3 Å². The van der Waals surface area contributed by atoms with E-state index in [2.05, 4.69) is 46.1 Å². The molecule has 0 aliphatic rings. The second kappa shape index (κ2) is 5.08. The molecule has 0 atom stereocenters. The molecule has 0 bridgehead atoms. The quantitative estimate of drug-likeness (QED) is 0.834. The van der Waals surface area contributed by atoms with Crippen LogP contribution in [0, 0.1) is 13.8 Å². The Balaban J connectivity index is 2.12. The standard InChI is InChI=1S/C12H19N5O2/c1-8-13-15-10(18-8)6-17(12(3,4)5)7-11-16-14-9(2)19-11/h6-7H2,1-5H3. The normalized spacial score (nSPS) is 12.3. The molecular weight excluding hydrogens is 246 g/mol. The minimum atomic E-state index is -0.0786. The lowest BCUT2D eigenvalue weighted by Gasteiger charge is -2.33. The van der Waals surface area contributed by atoms with Gasteiger partial charge in [0.2, 0.25) is 23.6 Å². The van der Waals surface area contributed by atoms with Gasteiger partial charge in [-0.3, -0.25) is 4.90 Å². The van der Waals surface area contributed by atoms with Gasteiger partial charge >= 0.3 is 0 Å². The minimum absolute atomic E-state index is 0.0786. The molecule has 0 aliphatic carbocycles. The summed E-state index contributed by atoms with van der Waals surface area (Å²) in [5, 5.41) is 15.7. The molecule has 2 aromatic rings. The molecule has 7 heteroatoms. The Morgan fingerprint density at radius 1 is 0.842 bits per heavy atom. The maximum atomic E-state index is 5.42. The lowest BCUT2D eigenvalue weighted by Crippen LogP contribution is -2.40. The molecule has 19 heavy (non-hydrogen) atoms. The Bertz CT molecular complexity index is 498. The first-order chi connectivity index (χ1) is 8.84. The number of hydrogen-bond acceptors (Lipinski definition) is 7. The number of aryl methyl sites for hydroxylation is 2. The van der Waals surface area contributed by atoms with Gasteiger partial charge in [-0.25, -0.2) is 0 Å². The Morgan fingerprint density at radius 3 is 1.53 bits per heavy atom. The zero-order valence-electron chi connectivity index (χ0n) is 12.0. The molecule has 0 radical (unpaired) electrons. The third-order valence-corrected chi connectivity index (χ3v) is 2.74. The van der Waals surface area contributed by atoms with Gasteiger partial charge in [0.15, 0.2) is 0 Å². The molecule has 7 nitrogen and oxygen atoms in total. The van der Waals surface area contributed by atoms with E-state index in [1.165, 1.54) is 0 Å². The van der Waals surface area contributed by atoms with E-state index < -0.39 is 0 Å². The highest BCUT2D eigenvalue weighted by atomic mass is 16.4. The van der Waals surface area contributed by atoms with Crippen LogP contribution in [0.15, 0.2) is 8.83 Å². The number of rotatable bonds is 4. The first kappa shape index (κ1) is 13.7. The third-order valence-electron chi connectivity index (χ3n) is 2.74. The maximum Gasteiger partial charge on any atom is 0.230 e. The zero-order chi connectivity index (χ0) is 14.0. The maximum absolute atomic E-state index is 5.42. The molecule has 0 saturated carbocycles. The molecular formula is C12H19N5O2. The lowest BCUT2D eigenvalue weighted by molar-refractivity contribution is 0.0942. The van der Waals surface area contributed by atoms with Gasteiger partial charge in [-0.2, -0.15) is 0 Å². The van der Waals surface area contributed by atoms with Crippen molar-refractivity contribution in [1.29, 1.82) is 0 Å². The topological polar surface area (TPSA) is 81.1 Å². The second-order valence-corrected chi connectivity index (χ2v) is 5.46. The summed E-state index contributed by atoms with van der Waals surface area (Å²) in [4.78, 5) is 2.15. The average Bonchev–Trinajstić information content (AvgIpc) is 2.86.